The van der Waals surface area contributed by atoms with Crippen LogP contribution in [0, 0.1) is 0 Å². The van der Waals surface area contributed by atoms with Crippen LogP contribution in [0.4, 0.5) is 5.82 Å². The minimum absolute atomic E-state index is 0.00312. The minimum Gasteiger partial charge on any atom is -0.344 e. The summed E-state index contributed by atoms with van der Waals surface area (Å²) < 4.78 is 27.7. The van der Waals surface area contributed by atoms with Crippen molar-refractivity contribution in [2.75, 3.05) is 17.6 Å². The number of rotatable bonds is 7. The maximum atomic E-state index is 13.8. The number of hydrogen-bond donors (Lipinski definition) is 1. The Morgan fingerprint density at radius 2 is 1.68 bits per heavy atom. The van der Waals surface area contributed by atoms with E-state index in [1.54, 1.807) is 49.6 Å². The molecule has 0 bridgehead atoms. The lowest BCUT2D eigenvalue weighted by atomic mass is 10.0. The minimum atomic E-state index is -3.79. The predicted molar refractivity (Wildman–Crippen MR) is 157 cm³/mol. The quantitative estimate of drug-likeness (QED) is 0.261. The Hall–Kier alpha value is -3.99. The average molecular weight is 596 g/mol. The molecule has 0 spiro atoms. The summed E-state index contributed by atoms with van der Waals surface area (Å²) in [7, 11) is -2.45. The van der Waals surface area contributed by atoms with Gasteiger partial charge in [0.05, 0.1) is 23.7 Å². The summed E-state index contributed by atoms with van der Waals surface area (Å²) in [5.41, 5.74) is 3.37. The van der Waals surface area contributed by atoms with Crippen LogP contribution in [-0.4, -0.2) is 47.2 Å². The molecule has 204 valence electrons. The lowest BCUT2D eigenvalue weighted by Crippen LogP contribution is -2.31. The molecule has 12 heteroatoms. The number of aromatic nitrogens is 4. The number of amides is 1. The number of hydrogen-bond acceptors (Lipinski definition) is 6. The molecule has 0 saturated heterocycles. The molecule has 2 aromatic carbocycles. The van der Waals surface area contributed by atoms with Gasteiger partial charge in [0.15, 0.2) is 11.5 Å². The molecule has 1 amide bonds. The first-order chi connectivity index (χ1) is 19.1. The summed E-state index contributed by atoms with van der Waals surface area (Å²) in [6.07, 6.45) is 4.27. The monoisotopic (exact) mass is 594 g/mol. The van der Waals surface area contributed by atoms with Gasteiger partial charge >= 0.3 is 0 Å². The summed E-state index contributed by atoms with van der Waals surface area (Å²) in [4.78, 5) is 22.7. The molecule has 0 aliphatic carbocycles. The fourth-order valence-electron chi connectivity index (χ4n) is 4.29. The van der Waals surface area contributed by atoms with Crippen molar-refractivity contribution in [3.8, 4) is 22.4 Å². The highest BCUT2D eigenvalue weighted by Crippen LogP contribution is 2.38. The van der Waals surface area contributed by atoms with Crippen LogP contribution < -0.4 is 9.62 Å². The molecule has 3 aromatic heterocycles. The number of nitrogens with one attached hydrogen (secondary N) is 1. The smallest absolute Gasteiger partial charge is 0.259 e. The third kappa shape index (κ3) is 5.25. The normalized spacial score (nSPS) is 12.3. The predicted octanol–water partition coefficient (Wildman–Crippen LogP) is 5.65. The molecule has 0 aliphatic heterocycles. The van der Waals surface area contributed by atoms with Crippen LogP contribution in [0.1, 0.15) is 29.0 Å². The number of nitrogens with zero attached hydrogens (tertiary/aromatic N) is 5. The maximum absolute atomic E-state index is 13.8. The van der Waals surface area contributed by atoms with E-state index in [0.29, 0.717) is 38.1 Å². The van der Waals surface area contributed by atoms with Crippen molar-refractivity contribution in [3.05, 3.63) is 100 Å². The molecular weight excluding hydrogens is 571 g/mol. The van der Waals surface area contributed by atoms with E-state index in [2.05, 4.69) is 20.4 Å². The van der Waals surface area contributed by atoms with Gasteiger partial charge in [0.1, 0.15) is 5.56 Å². The second-order valence-electron chi connectivity index (χ2n) is 9.12. The Labute approximate surface area is 241 Å². The van der Waals surface area contributed by atoms with Crippen molar-refractivity contribution in [2.24, 2.45) is 0 Å². The molecule has 5 aromatic rings. The highest BCUT2D eigenvalue weighted by Gasteiger charge is 2.30. The first-order valence-electron chi connectivity index (χ1n) is 12.1. The molecule has 1 N–H and O–H groups in total. The van der Waals surface area contributed by atoms with E-state index in [-0.39, 0.29) is 17.0 Å². The van der Waals surface area contributed by atoms with E-state index in [1.165, 1.54) is 11.6 Å². The van der Waals surface area contributed by atoms with Gasteiger partial charge in [0.2, 0.25) is 10.0 Å². The Balaban J connectivity index is 1.79. The SMILES string of the molecule is CC(NC(=O)c1c(N(C)S(C)(=O)=O)nn2c(-c3ccc(Cl)cc3)c(-c3ccccc3Cl)cnc12)c1ccccn1. The van der Waals surface area contributed by atoms with Crippen LogP contribution in [0.25, 0.3) is 28.0 Å². The highest BCUT2D eigenvalue weighted by atomic mass is 35.5. The zero-order valence-corrected chi connectivity index (χ0v) is 24.0. The molecule has 1 unspecified atom stereocenters. The first kappa shape index (κ1) is 27.6. The van der Waals surface area contributed by atoms with Gasteiger partial charge in [-0.05, 0) is 37.3 Å². The van der Waals surface area contributed by atoms with Crippen LogP contribution in [0.15, 0.2) is 79.1 Å². The van der Waals surface area contributed by atoms with Crippen molar-refractivity contribution in [2.45, 2.75) is 13.0 Å². The maximum Gasteiger partial charge on any atom is 0.259 e. The number of anilines is 1. The first-order valence-corrected chi connectivity index (χ1v) is 14.7. The second kappa shape index (κ2) is 10.9. The lowest BCUT2D eigenvalue weighted by molar-refractivity contribution is 0.0941. The molecule has 1 atom stereocenters. The van der Waals surface area contributed by atoms with Gasteiger partial charge in [0, 0.05) is 46.2 Å². The van der Waals surface area contributed by atoms with Gasteiger partial charge in [-0.15, -0.1) is 5.10 Å². The molecule has 3 heterocycles. The topological polar surface area (TPSA) is 110 Å². The number of benzene rings is 2. The van der Waals surface area contributed by atoms with E-state index < -0.39 is 22.0 Å². The van der Waals surface area contributed by atoms with Crippen LogP contribution in [0.5, 0.6) is 0 Å². The lowest BCUT2D eigenvalue weighted by Gasteiger charge is -2.17. The molecule has 5 rings (SSSR count). The van der Waals surface area contributed by atoms with Crippen molar-refractivity contribution >= 4 is 50.6 Å². The van der Waals surface area contributed by atoms with E-state index in [4.69, 9.17) is 23.2 Å². The van der Waals surface area contributed by atoms with Crippen LogP contribution in [-0.2, 0) is 10.0 Å². The fraction of sp³-hybridized carbons (Fsp3) is 0.143. The molecule has 9 nitrogen and oxygen atoms in total. The Bertz CT molecular complexity index is 1830. The molecule has 0 fully saturated rings. The Morgan fingerprint density at radius 1 is 0.975 bits per heavy atom. The summed E-state index contributed by atoms with van der Waals surface area (Å²) in [5, 5.41) is 8.57. The van der Waals surface area contributed by atoms with Crippen molar-refractivity contribution in [1.29, 1.82) is 0 Å². The van der Waals surface area contributed by atoms with E-state index >= 15 is 0 Å². The van der Waals surface area contributed by atoms with Gasteiger partial charge in [0.25, 0.3) is 5.91 Å². The number of fused-ring (bicyclic) bond motifs is 1. The molecule has 0 aliphatic rings. The number of sulfonamides is 1. The number of pyridine rings is 1. The molecule has 0 saturated carbocycles. The number of carbonyl (C=O) groups excluding carboxylic acids is 1. The zero-order chi connectivity index (χ0) is 28.6. The molecule has 40 heavy (non-hydrogen) atoms. The standard InChI is InChI=1S/C28H24Cl2N6O3S/c1-17(23-10-6-7-15-31-23)33-28(37)24-26-32-16-21(20-8-4-5-9-22(20)30)25(18-11-13-19(29)14-12-18)36(26)34-27(24)35(2)40(3,38)39/h4-17H,1-3H3,(H,33,37). The summed E-state index contributed by atoms with van der Waals surface area (Å²) in [6, 6.07) is 19.3. The summed E-state index contributed by atoms with van der Waals surface area (Å²) in [6.45, 7) is 1.79. The molecular formula is C28H24Cl2N6O3S. The van der Waals surface area contributed by atoms with Crippen LogP contribution in [0.2, 0.25) is 10.0 Å². The second-order valence-corrected chi connectivity index (χ2v) is 12.0. The van der Waals surface area contributed by atoms with Crippen LogP contribution >= 0.6 is 23.2 Å². The van der Waals surface area contributed by atoms with Gasteiger partial charge in [-0.3, -0.25) is 14.1 Å². The van der Waals surface area contributed by atoms with E-state index in [9.17, 15) is 13.2 Å². The van der Waals surface area contributed by atoms with Gasteiger partial charge in [-0.25, -0.2) is 17.9 Å². The Kier molecular flexibility index (Phi) is 7.50. The van der Waals surface area contributed by atoms with Crippen molar-refractivity contribution < 1.29 is 13.2 Å². The summed E-state index contributed by atoms with van der Waals surface area (Å²) in [5.74, 6) is -0.633. The van der Waals surface area contributed by atoms with Gasteiger partial charge < -0.3 is 5.32 Å². The third-order valence-corrected chi connectivity index (χ3v) is 8.16. The third-order valence-electron chi connectivity index (χ3n) is 6.41. The largest absolute Gasteiger partial charge is 0.344 e. The fourth-order valence-corrected chi connectivity index (χ4v) is 5.10. The van der Waals surface area contributed by atoms with Crippen molar-refractivity contribution in [3.63, 3.8) is 0 Å². The van der Waals surface area contributed by atoms with E-state index in [0.717, 1.165) is 10.6 Å². The Morgan fingerprint density at radius 3 is 2.33 bits per heavy atom. The van der Waals surface area contributed by atoms with Crippen LogP contribution in [0.3, 0.4) is 0 Å². The highest BCUT2D eigenvalue weighted by molar-refractivity contribution is 7.92. The van der Waals surface area contributed by atoms with Gasteiger partial charge in [-0.1, -0.05) is 59.6 Å². The van der Waals surface area contributed by atoms with E-state index in [1.807, 2.05) is 36.4 Å². The van der Waals surface area contributed by atoms with Gasteiger partial charge in [-0.2, -0.15) is 0 Å². The number of halogens is 2. The average Bonchev–Trinajstić information content (AvgIpc) is 3.32. The zero-order valence-electron chi connectivity index (χ0n) is 21.7. The number of carbonyl (C=O) groups is 1. The molecule has 0 radical (unpaired) electrons. The van der Waals surface area contributed by atoms with Crippen molar-refractivity contribution in [1.82, 2.24) is 24.9 Å². The summed E-state index contributed by atoms with van der Waals surface area (Å²) >= 11 is 12.7.